The number of hydrogen-bond acceptors (Lipinski definition) is 4. The summed E-state index contributed by atoms with van der Waals surface area (Å²) in [6.45, 7) is 5.32. The number of halogens is 4. The lowest BCUT2D eigenvalue weighted by Crippen LogP contribution is -2.35. The fourth-order valence-electron chi connectivity index (χ4n) is 1.46. The minimum Gasteiger partial charge on any atom is -0.444 e. The molecule has 0 saturated carbocycles. The van der Waals surface area contributed by atoms with Gasteiger partial charge < -0.3 is 15.4 Å². The summed E-state index contributed by atoms with van der Waals surface area (Å²) in [6.07, 6.45) is -3.88. The van der Waals surface area contributed by atoms with Gasteiger partial charge >= 0.3 is 12.3 Å². The van der Waals surface area contributed by atoms with E-state index in [1.807, 2.05) is 0 Å². The Bertz CT molecular complexity index is 530. The molecule has 1 aromatic rings. The Labute approximate surface area is 134 Å². The molecule has 1 heterocycles. The third-order valence-electron chi connectivity index (χ3n) is 2.25. The van der Waals surface area contributed by atoms with Gasteiger partial charge in [0.15, 0.2) is 0 Å². The van der Waals surface area contributed by atoms with Crippen molar-refractivity contribution >= 4 is 27.8 Å². The van der Waals surface area contributed by atoms with Crippen LogP contribution in [0.25, 0.3) is 0 Å². The summed E-state index contributed by atoms with van der Waals surface area (Å²) < 4.78 is 43.8. The zero-order valence-electron chi connectivity index (χ0n) is 12.3. The first-order valence-electron chi connectivity index (χ1n) is 6.42. The summed E-state index contributed by atoms with van der Waals surface area (Å²) in [4.78, 5) is 15.1. The second kappa shape index (κ2) is 7.17. The first-order chi connectivity index (χ1) is 9.99. The summed E-state index contributed by atoms with van der Waals surface area (Å²) in [5, 5.41) is 4.98. The molecule has 124 valence electrons. The second-order valence-corrected chi connectivity index (χ2v) is 6.32. The molecule has 0 aliphatic carbocycles. The maximum absolute atomic E-state index is 12.9. The number of alkyl halides is 3. The molecule has 0 atom stereocenters. The molecule has 0 spiro atoms. The van der Waals surface area contributed by atoms with E-state index in [2.05, 4.69) is 31.5 Å². The van der Waals surface area contributed by atoms with E-state index in [1.54, 1.807) is 20.8 Å². The first-order valence-corrected chi connectivity index (χ1v) is 7.22. The van der Waals surface area contributed by atoms with Crippen molar-refractivity contribution in [1.82, 2.24) is 10.3 Å². The Kier molecular flexibility index (Phi) is 6.04. The summed E-state index contributed by atoms with van der Waals surface area (Å²) in [6, 6.07) is 0.941. The Morgan fingerprint density at radius 2 is 1.95 bits per heavy atom. The van der Waals surface area contributed by atoms with Crippen LogP contribution in [0.4, 0.5) is 23.8 Å². The highest BCUT2D eigenvalue weighted by atomic mass is 79.9. The standard InChI is InChI=1S/C13H17BrF3N3O2/c1-12(2,3)22-11(21)19-5-4-18-10-9(13(15,16)17)6-8(14)7-20-10/h6-7H,4-5H2,1-3H3,(H,18,20)(H,19,21). The monoisotopic (exact) mass is 383 g/mol. The minimum absolute atomic E-state index is 0.0803. The summed E-state index contributed by atoms with van der Waals surface area (Å²) in [5.41, 5.74) is -1.51. The molecule has 0 saturated heterocycles. The van der Waals surface area contributed by atoms with Gasteiger partial charge in [-0.2, -0.15) is 13.2 Å². The molecule has 2 N–H and O–H groups in total. The SMILES string of the molecule is CC(C)(C)OC(=O)NCCNc1ncc(Br)cc1C(F)(F)F. The van der Waals surface area contributed by atoms with Crippen LogP contribution in [0.1, 0.15) is 26.3 Å². The number of anilines is 1. The lowest BCUT2D eigenvalue weighted by molar-refractivity contribution is -0.137. The molecule has 0 aliphatic rings. The normalized spacial score (nSPS) is 12.0. The van der Waals surface area contributed by atoms with Crippen LogP contribution in [0.2, 0.25) is 0 Å². The molecule has 1 amide bonds. The minimum atomic E-state index is -4.52. The van der Waals surface area contributed by atoms with Crippen molar-refractivity contribution in [2.24, 2.45) is 0 Å². The van der Waals surface area contributed by atoms with Crippen molar-refractivity contribution in [1.29, 1.82) is 0 Å². The van der Waals surface area contributed by atoms with Gasteiger partial charge in [0, 0.05) is 23.8 Å². The van der Waals surface area contributed by atoms with Gasteiger partial charge in [0.2, 0.25) is 0 Å². The van der Waals surface area contributed by atoms with Crippen LogP contribution in [0, 0.1) is 0 Å². The van der Waals surface area contributed by atoms with Crippen LogP contribution in [-0.4, -0.2) is 29.8 Å². The van der Waals surface area contributed by atoms with E-state index in [1.165, 1.54) is 6.20 Å². The number of carbonyl (C=O) groups is 1. The van der Waals surface area contributed by atoms with Gasteiger partial charge in [-0.15, -0.1) is 0 Å². The van der Waals surface area contributed by atoms with E-state index in [4.69, 9.17) is 4.74 Å². The van der Waals surface area contributed by atoms with Gasteiger partial charge in [0.1, 0.15) is 11.4 Å². The highest BCUT2D eigenvalue weighted by Crippen LogP contribution is 2.35. The molecule has 22 heavy (non-hydrogen) atoms. The Hall–Kier alpha value is -1.51. The molecule has 9 heteroatoms. The molecule has 0 aliphatic heterocycles. The van der Waals surface area contributed by atoms with E-state index >= 15 is 0 Å². The number of ether oxygens (including phenoxy) is 1. The van der Waals surface area contributed by atoms with Crippen LogP contribution < -0.4 is 10.6 Å². The third-order valence-corrected chi connectivity index (χ3v) is 2.68. The van der Waals surface area contributed by atoms with Gasteiger partial charge in [-0.3, -0.25) is 0 Å². The van der Waals surface area contributed by atoms with Gasteiger partial charge in [-0.05, 0) is 42.8 Å². The number of pyridine rings is 1. The van der Waals surface area contributed by atoms with Crippen molar-refractivity contribution in [3.05, 3.63) is 22.3 Å². The number of alkyl carbamates (subject to hydrolysis) is 1. The van der Waals surface area contributed by atoms with Crippen molar-refractivity contribution in [3.8, 4) is 0 Å². The molecule has 1 aromatic heterocycles. The molecular formula is C13H17BrF3N3O2. The van der Waals surface area contributed by atoms with Gasteiger partial charge in [0.25, 0.3) is 0 Å². The van der Waals surface area contributed by atoms with Gasteiger partial charge in [-0.25, -0.2) is 9.78 Å². The van der Waals surface area contributed by atoms with E-state index in [9.17, 15) is 18.0 Å². The maximum atomic E-state index is 12.9. The highest BCUT2D eigenvalue weighted by Gasteiger charge is 2.34. The summed E-state index contributed by atoms with van der Waals surface area (Å²) in [7, 11) is 0. The van der Waals surface area contributed by atoms with Crippen LogP contribution >= 0.6 is 15.9 Å². The third kappa shape index (κ3) is 6.50. The molecule has 0 bridgehead atoms. The zero-order valence-corrected chi connectivity index (χ0v) is 13.9. The van der Waals surface area contributed by atoms with Crippen LogP contribution in [0.5, 0.6) is 0 Å². The van der Waals surface area contributed by atoms with Crippen molar-refractivity contribution in [2.75, 3.05) is 18.4 Å². The average Bonchev–Trinajstić information content (AvgIpc) is 2.32. The average molecular weight is 384 g/mol. The number of rotatable bonds is 4. The van der Waals surface area contributed by atoms with Crippen LogP contribution in [0.3, 0.4) is 0 Å². The van der Waals surface area contributed by atoms with Gasteiger partial charge in [0.05, 0.1) is 5.56 Å². The summed E-state index contributed by atoms with van der Waals surface area (Å²) >= 11 is 2.95. The number of nitrogens with zero attached hydrogens (tertiary/aromatic N) is 1. The first kappa shape index (κ1) is 18.5. The van der Waals surface area contributed by atoms with E-state index in [0.717, 1.165) is 6.07 Å². The Morgan fingerprint density at radius 1 is 1.32 bits per heavy atom. The summed E-state index contributed by atoms with van der Waals surface area (Å²) in [5.74, 6) is -0.290. The fourth-order valence-corrected chi connectivity index (χ4v) is 1.79. The topological polar surface area (TPSA) is 63.2 Å². The molecular weight excluding hydrogens is 367 g/mol. The number of amides is 1. The molecule has 0 aromatic carbocycles. The van der Waals surface area contributed by atoms with Crippen molar-refractivity contribution in [2.45, 2.75) is 32.5 Å². The molecule has 0 radical (unpaired) electrons. The Morgan fingerprint density at radius 3 is 2.50 bits per heavy atom. The number of carbonyl (C=O) groups excluding carboxylic acids is 1. The van der Waals surface area contributed by atoms with E-state index in [0.29, 0.717) is 0 Å². The van der Waals surface area contributed by atoms with E-state index < -0.39 is 23.4 Å². The predicted molar refractivity (Wildman–Crippen MR) is 79.7 cm³/mol. The molecule has 0 unspecified atom stereocenters. The van der Waals surface area contributed by atoms with E-state index in [-0.39, 0.29) is 23.4 Å². The predicted octanol–water partition coefficient (Wildman–Crippen LogP) is 3.80. The number of hydrogen-bond donors (Lipinski definition) is 2. The van der Waals surface area contributed by atoms with Crippen molar-refractivity contribution in [3.63, 3.8) is 0 Å². The lowest BCUT2D eigenvalue weighted by Gasteiger charge is -2.20. The largest absolute Gasteiger partial charge is 0.444 e. The molecule has 0 fully saturated rings. The van der Waals surface area contributed by atoms with Crippen LogP contribution in [-0.2, 0) is 10.9 Å². The van der Waals surface area contributed by atoms with Crippen LogP contribution in [0.15, 0.2) is 16.7 Å². The number of aromatic nitrogens is 1. The quantitative estimate of drug-likeness (QED) is 0.776. The zero-order chi connectivity index (χ0) is 17.0. The fraction of sp³-hybridized carbons (Fsp3) is 0.538. The smallest absolute Gasteiger partial charge is 0.419 e. The maximum Gasteiger partial charge on any atom is 0.419 e. The van der Waals surface area contributed by atoms with Crippen molar-refractivity contribution < 1.29 is 22.7 Å². The Balaban J connectivity index is 2.54. The second-order valence-electron chi connectivity index (χ2n) is 5.40. The van der Waals surface area contributed by atoms with Gasteiger partial charge in [-0.1, -0.05) is 0 Å². The highest BCUT2D eigenvalue weighted by molar-refractivity contribution is 9.10. The lowest BCUT2D eigenvalue weighted by atomic mass is 10.2. The molecule has 5 nitrogen and oxygen atoms in total. The molecule has 1 rings (SSSR count). The number of nitrogens with one attached hydrogen (secondary N) is 2.